The van der Waals surface area contributed by atoms with Crippen LogP contribution in [0.25, 0.3) is 5.69 Å². The number of ether oxygens (including phenoxy) is 2. The molecule has 1 aliphatic carbocycles. The zero-order chi connectivity index (χ0) is 28.0. The first kappa shape index (κ1) is 26.1. The van der Waals surface area contributed by atoms with E-state index in [1.54, 1.807) is 37.2 Å². The van der Waals surface area contributed by atoms with Crippen molar-refractivity contribution >= 4 is 5.91 Å². The first-order valence-electron chi connectivity index (χ1n) is 13.2. The molecule has 6 rings (SSSR count). The summed E-state index contributed by atoms with van der Waals surface area (Å²) in [5.74, 6) is 0.138. The summed E-state index contributed by atoms with van der Waals surface area (Å²) in [4.78, 5) is 20.6. The Kier molecular flexibility index (Phi) is 6.62. The van der Waals surface area contributed by atoms with Crippen molar-refractivity contribution in [1.82, 2.24) is 44.5 Å². The van der Waals surface area contributed by atoms with Crippen LogP contribution in [-0.2, 0) is 36.5 Å². The molecule has 210 valence electrons. The molecule has 1 aliphatic heterocycles. The Morgan fingerprint density at radius 3 is 2.70 bits per heavy atom. The molecular weight excluding hydrogens is 517 g/mol. The molecule has 13 heteroatoms. The lowest BCUT2D eigenvalue weighted by molar-refractivity contribution is 0.0721. The summed E-state index contributed by atoms with van der Waals surface area (Å²) in [6, 6.07) is 3.21. The topological polar surface area (TPSA) is 117 Å². The van der Waals surface area contributed by atoms with Crippen molar-refractivity contribution in [2.75, 3.05) is 27.8 Å². The number of rotatable bonds is 9. The SMILES string of the molecule is COc1ccc(-n2cc(C)nn2)c(CNC(=O)c2cn(Cc3cn4c(n3)CN(C)CC4)nc2C2(OC)CC2)c1F. The lowest BCUT2D eigenvalue weighted by Crippen LogP contribution is -2.30. The summed E-state index contributed by atoms with van der Waals surface area (Å²) in [7, 11) is 5.11. The zero-order valence-electron chi connectivity index (χ0n) is 23.0. The Labute approximate surface area is 230 Å². The summed E-state index contributed by atoms with van der Waals surface area (Å²) < 4.78 is 31.7. The number of imidazole rings is 1. The van der Waals surface area contributed by atoms with Gasteiger partial charge in [-0.1, -0.05) is 5.21 Å². The largest absolute Gasteiger partial charge is 0.494 e. The number of nitrogens with one attached hydrogen (secondary N) is 1. The summed E-state index contributed by atoms with van der Waals surface area (Å²) in [6.45, 7) is 4.78. The second-order valence-electron chi connectivity index (χ2n) is 10.4. The Bertz CT molecular complexity index is 1570. The second kappa shape index (κ2) is 10.1. The number of amides is 1. The molecule has 1 aromatic carbocycles. The van der Waals surface area contributed by atoms with E-state index in [9.17, 15) is 4.79 Å². The van der Waals surface area contributed by atoms with Gasteiger partial charge in [0.1, 0.15) is 17.1 Å². The van der Waals surface area contributed by atoms with Gasteiger partial charge in [0.2, 0.25) is 0 Å². The molecule has 0 bridgehead atoms. The number of benzene rings is 1. The number of methoxy groups -OCH3 is 2. The predicted molar refractivity (Wildman–Crippen MR) is 142 cm³/mol. The number of carbonyl (C=O) groups excluding carboxylic acids is 1. The average Bonchev–Trinajstić information content (AvgIpc) is 3.21. The molecule has 1 N–H and O–H groups in total. The van der Waals surface area contributed by atoms with Crippen LogP contribution in [0.5, 0.6) is 5.75 Å². The zero-order valence-corrected chi connectivity index (χ0v) is 23.0. The van der Waals surface area contributed by atoms with Gasteiger partial charge in [-0.2, -0.15) is 5.10 Å². The first-order valence-corrected chi connectivity index (χ1v) is 13.2. The van der Waals surface area contributed by atoms with Crippen LogP contribution >= 0.6 is 0 Å². The van der Waals surface area contributed by atoms with Crippen molar-refractivity contribution in [3.63, 3.8) is 0 Å². The minimum absolute atomic E-state index is 0.0728. The van der Waals surface area contributed by atoms with E-state index in [0.29, 0.717) is 29.2 Å². The number of aryl methyl sites for hydroxylation is 1. The normalized spacial score (nSPS) is 16.1. The number of halogens is 1. The average molecular weight is 550 g/mol. The van der Waals surface area contributed by atoms with Gasteiger partial charge < -0.3 is 19.4 Å². The van der Waals surface area contributed by atoms with Crippen molar-refractivity contribution in [3.05, 3.63) is 70.6 Å². The van der Waals surface area contributed by atoms with Gasteiger partial charge in [-0.3, -0.25) is 14.4 Å². The molecular formula is C27H32FN9O3. The third-order valence-corrected chi connectivity index (χ3v) is 7.58. The van der Waals surface area contributed by atoms with Crippen molar-refractivity contribution in [2.24, 2.45) is 0 Å². The molecule has 4 aromatic rings. The van der Waals surface area contributed by atoms with Gasteiger partial charge in [0.15, 0.2) is 11.6 Å². The van der Waals surface area contributed by atoms with E-state index in [0.717, 1.165) is 44.0 Å². The highest BCUT2D eigenvalue weighted by Crippen LogP contribution is 2.49. The van der Waals surface area contributed by atoms with Crippen LogP contribution in [0.3, 0.4) is 0 Å². The fraction of sp³-hybridized carbons (Fsp3) is 0.444. The molecule has 40 heavy (non-hydrogen) atoms. The minimum Gasteiger partial charge on any atom is -0.494 e. The summed E-state index contributed by atoms with van der Waals surface area (Å²) in [6.07, 6.45) is 7.00. The summed E-state index contributed by atoms with van der Waals surface area (Å²) in [5.41, 5.74) is 2.62. The maximum absolute atomic E-state index is 15.4. The van der Waals surface area contributed by atoms with Gasteiger partial charge in [0.25, 0.3) is 5.91 Å². The van der Waals surface area contributed by atoms with Crippen molar-refractivity contribution in [2.45, 2.75) is 51.5 Å². The van der Waals surface area contributed by atoms with E-state index < -0.39 is 11.4 Å². The maximum Gasteiger partial charge on any atom is 0.255 e. The first-order chi connectivity index (χ1) is 19.3. The van der Waals surface area contributed by atoms with Gasteiger partial charge in [0.05, 0.1) is 49.0 Å². The lowest BCUT2D eigenvalue weighted by Gasteiger charge is -2.22. The fourth-order valence-electron chi connectivity index (χ4n) is 5.19. The van der Waals surface area contributed by atoms with Crippen molar-refractivity contribution < 1.29 is 18.7 Å². The van der Waals surface area contributed by atoms with Crippen molar-refractivity contribution in [3.8, 4) is 11.4 Å². The molecule has 0 spiro atoms. The second-order valence-corrected chi connectivity index (χ2v) is 10.4. The van der Waals surface area contributed by atoms with E-state index in [-0.39, 0.29) is 23.8 Å². The van der Waals surface area contributed by atoms with Crippen LogP contribution in [0.4, 0.5) is 4.39 Å². The molecule has 0 saturated heterocycles. The van der Waals surface area contributed by atoms with Crippen LogP contribution in [-0.4, -0.2) is 72.9 Å². The molecule has 4 heterocycles. The van der Waals surface area contributed by atoms with E-state index >= 15 is 4.39 Å². The smallest absolute Gasteiger partial charge is 0.255 e. The molecule has 1 saturated carbocycles. The monoisotopic (exact) mass is 549 g/mol. The van der Waals surface area contributed by atoms with Gasteiger partial charge in [-0.25, -0.2) is 14.1 Å². The maximum atomic E-state index is 15.4. The number of aromatic nitrogens is 7. The number of carbonyl (C=O) groups is 1. The third kappa shape index (κ3) is 4.75. The number of fused-ring (bicyclic) bond motifs is 1. The minimum atomic E-state index is -0.599. The van der Waals surface area contributed by atoms with E-state index in [1.807, 2.05) is 6.20 Å². The molecule has 1 fully saturated rings. The Morgan fingerprint density at radius 1 is 1.18 bits per heavy atom. The Morgan fingerprint density at radius 2 is 2.00 bits per heavy atom. The van der Waals surface area contributed by atoms with Gasteiger partial charge >= 0.3 is 0 Å². The number of likely N-dealkylation sites (N-methyl/N-ethyl adjacent to an activating group) is 1. The highest BCUT2D eigenvalue weighted by Gasteiger charge is 2.49. The predicted octanol–water partition coefficient (Wildman–Crippen LogP) is 2.18. The van der Waals surface area contributed by atoms with Crippen LogP contribution in [0.15, 0.2) is 30.7 Å². The van der Waals surface area contributed by atoms with Crippen LogP contribution in [0.2, 0.25) is 0 Å². The number of hydrogen-bond donors (Lipinski definition) is 1. The molecule has 0 unspecified atom stereocenters. The van der Waals surface area contributed by atoms with Crippen molar-refractivity contribution in [1.29, 1.82) is 0 Å². The summed E-state index contributed by atoms with van der Waals surface area (Å²) >= 11 is 0. The van der Waals surface area contributed by atoms with Gasteiger partial charge in [-0.05, 0) is 38.9 Å². The molecule has 3 aromatic heterocycles. The molecule has 1 amide bonds. The third-order valence-electron chi connectivity index (χ3n) is 7.58. The molecule has 0 radical (unpaired) electrons. The highest BCUT2D eigenvalue weighted by atomic mass is 19.1. The van der Waals surface area contributed by atoms with Crippen LogP contribution in [0, 0.1) is 12.7 Å². The van der Waals surface area contributed by atoms with Crippen LogP contribution in [0.1, 0.15) is 51.7 Å². The number of hydrogen-bond acceptors (Lipinski definition) is 8. The molecule has 0 atom stereocenters. The number of nitrogens with zero attached hydrogens (tertiary/aromatic N) is 8. The highest BCUT2D eigenvalue weighted by molar-refractivity contribution is 5.95. The Hall–Kier alpha value is -4.10. The lowest BCUT2D eigenvalue weighted by atomic mass is 10.1. The standard InChI is InChI=1S/C27H32FN9O3/c1-17-12-37(33-31-17)21-5-6-22(39-3)24(28)19(21)11-29-26(38)20-15-36(32-25(20)27(40-4)7-8-27)14-18-13-35-10-9-34(2)16-23(35)30-18/h5-6,12-13,15H,7-11,14,16H2,1-4H3,(H,29,38). The molecule has 2 aliphatic rings. The van der Waals surface area contributed by atoms with E-state index in [1.165, 1.54) is 17.9 Å². The summed E-state index contributed by atoms with van der Waals surface area (Å²) in [5, 5.41) is 15.7. The van der Waals surface area contributed by atoms with E-state index in [4.69, 9.17) is 19.6 Å². The quantitative estimate of drug-likeness (QED) is 0.338. The molecule has 12 nitrogen and oxygen atoms in total. The van der Waals surface area contributed by atoms with Gasteiger partial charge in [-0.15, -0.1) is 5.10 Å². The fourth-order valence-corrected chi connectivity index (χ4v) is 5.19. The van der Waals surface area contributed by atoms with Gasteiger partial charge in [0, 0.05) is 44.7 Å². The van der Waals surface area contributed by atoms with E-state index in [2.05, 4.69) is 32.1 Å². The van der Waals surface area contributed by atoms with Crippen LogP contribution < -0.4 is 10.1 Å². The Balaban J connectivity index is 1.27.